The van der Waals surface area contributed by atoms with E-state index in [9.17, 15) is 28.2 Å². The largest absolute Gasteiger partial charge is 0.465 e. The molecular formula is C30H31F3N6O4. The van der Waals surface area contributed by atoms with Crippen molar-refractivity contribution >= 4 is 28.5 Å². The molecule has 43 heavy (non-hydrogen) atoms. The van der Waals surface area contributed by atoms with E-state index in [1.165, 1.54) is 4.90 Å². The van der Waals surface area contributed by atoms with Gasteiger partial charge in [0.15, 0.2) is 6.10 Å². The fourth-order valence-electron chi connectivity index (χ4n) is 5.07. The lowest BCUT2D eigenvalue weighted by molar-refractivity contribution is -0.198. The number of hydrogen-bond donors (Lipinski definition) is 4. The van der Waals surface area contributed by atoms with Gasteiger partial charge in [0, 0.05) is 54.5 Å². The minimum absolute atomic E-state index is 0.133. The number of aryl methyl sites for hydroxylation is 2. The van der Waals surface area contributed by atoms with Gasteiger partial charge in [-0.3, -0.25) is 0 Å². The van der Waals surface area contributed by atoms with Crippen molar-refractivity contribution < 1.29 is 32.9 Å². The summed E-state index contributed by atoms with van der Waals surface area (Å²) >= 11 is 0. The Bertz CT molecular complexity index is 1630. The topological polar surface area (TPSA) is 133 Å². The number of nitrogens with one attached hydrogen (secondary N) is 2. The number of piperidine rings is 1. The van der Waals surface area contributed by atoms with Gasteiger partial charge < -0.3 is 30.5 Å². The molecule has 1 aliphatic heterocycles. The number of anilines is 2. The summed E-state index contributed by atoms with van der Waals surface area (Å²) in [6.07, 6.45) is -3.52. The Kier molecular flexibility index (Phi) is 8.53. The average Bonchev–Trinajstić information content (AvgIpc) is 2.98. The summed E-state index contributed by atoms with van der Waals surface area (Å²) in [5.74, 6) is 1.08. The predicted octanol–water partition coefficient (Wildman–Crippen LogP) is 5.99. The molecule has 1 unspecified atom stereocenters. The standard InChI is InChI=1S/C30H31F3N6O4/c1-17-7-10-21-20(25(17)36-15-24(40)30(31,32)33)9-8-18(2)26(21)43-27-22(6-3-12-34-27)23-11-13-35-28(38-23)37-19-5-4-14-39(16-19)29(41)42/h3,6-13,19,24,36,40H,4-5,14-16H2,1-2H3,(H,41,42)(H,35,37,38)/t19-,24?/m0/s1. The first-order chi connectivity index (χ1) is 20.5. The van der Waals surface area contributed by atoms with E-state index < -0.39 is 24.9 Å². The van der Waals surface area contributed by atoms with E-state index in [0.29, 0.717) is 58.1 Å². The molecule has 226 valence electrons. The second-order valence-electron chi connectivity index (χ2n) is 10.4. The molecule has 4 aromatic rings. The summed E-state index contributed by atoms with van der Waals surface area (Å²) in [5, 5.41) is 26.1. The number of nitrogens with zero attached hydrogens (tertiary/aromatic N) is 4. The first-order valence-corrected chi connectivity index (χ1v) is 13.7. The van der Waals surface area contributed by atoms with Gasteiger partial charge in [0.05, 0.1) is 11.3 Å². The minimum Gasteiger partial charge on any atom is -0.465 e. The molecule has 1 amide bonds. The van der Waals surface area contributed by atoms with Crippen LogP contribution in [0.5, 0.6) is 11.6 Å². The number of pyridine rings is 1. The maximum Gasteiger partial charge on any atom is 0.416 e. The van der Waals surface area contributed by atoms with E-state index in [1.54, 1.807) is 49.6 Å². The van der Waals surface area contributed by atoms with Gasteiger partial charge in [-0.25, -0.2) is 19.7 Å². The number of carbonyl (C=O) groups is 1. The molecule has 1 fully saturated rings. The number of ether oxygens (including phenoxy) is 1. The number of amides is 1. The van der Waals surface area contributed by atoms with E-state index in [-0.39, 0.29) is 11.9 Å². The van der Waals surface area contributed by atoms with Crippen LogP contribution in [0.4, 0.5) is 29.6 Å². The number of benzene rings is 2. The Morgan fingerprint density at radius 3 is 2.63 bits per heavy atom. The lowest BCUT2D eigenvalue weighted by atomic mass is 10.0. The van der Waals surface area contributed by atoms with Gasteiger partial charge in [0.1, 0.15) is 5.75 Å². The van der Waals surface area contributed by atoms with E-state index in [0.717, 1.165) is 18.4 Å². The Morgan fingerprint density at radius 2 is 1.86 bits per heavy atom. The Labute approximate surface area is 245 Å². The summed E-state index contributed by atoms with van der Waals surface area (Å²) in [6, 6.07) is 12.3. The van der Waals surface area contributed by atoms with Crippen molar-refractivity contribution in [2.24, 2.45) is 0 Å². The zero-order valence-electron chi connectivity index (χ0n) is 23.5. The lowest BCUT2D eigenvalue weighted by Gasteiger charge is -2.31. The molecule has 0 saturated carbocycles. The molecule has 0 spiro atoms. The molecule has 0 bridgehead atoms. The van der Waals surface area contributed by atoms with Crippen molar-refractivity contribution in [2.45, 2.75) is 45.0 Å². The Morgan fingerprint density at radius 1 is 1.09 bits per heavy atom. The third kappa shape index (κ3) is 6.72. The molecule has 5 rings (SSSR count). The fraction of sp³-hybridized carbons (Fsp3) is 0.333. The SMILES string of the molecule is Cc1ccc2c(Oc3ncccc3-c3ccnc(N[C@H]4CCCN(C(=O)O)C4)n3)c(C)ccc2c1NCC(O)C(F)(F)F. The Hall–Kier alpha value is -4.65. The van der Waals surface area contributed by atoms with Crippen molar-refractivity contribution in [3.63, 3.8) is 0 Å². The molecule has 10 nitrogen and oxygen atoms in total. The molecule has 2 aromatic carbocycles. The van der Waals surface area contributed by atoms with Crippen LogP contribution in [0.15, 0.2) is 54.9 Å². The second kappa shape index (κ2) is 12.3. The highest BCUT2D eigenvalue weighted by molar-refractivity contribution is 6.00. The van der Waals surface area contributed by atoms with E-state index in [1.807, 2.05) is 19.1 Å². The van der Waals surface area contributed by atoms with E-state index in [4.69, 9.17) is 4.74 Å². The number of carboxylic acid groups (broad SMARTS) is 1. The zero-order valence-corrected chi connectivity index (χ0v) is 23.5. The second-order valence-corrected chi connectivity index (χ2v) is 10.4. The molecular weight excluding hydrogens is 565 g/mol. The average molecular weight is 597 g/mol. The van der Waals surface area contributed by atoms with Crippen molar-refractivity contribution in [2.75, 3.05) is 30.3 Å². The molecule has 0 radical (unpaired) electrons. The number of likely N-dealkylation sites (tertiary alicyclic amines) is 1. The number of alkyl halides is 3. The maximum absolute atomic E-state index is 12.9. The van der Waals surface area contributed by atoms with Crippen molar-refractivity contribution in [1.29, 1.82) is 0 Å². The van der Waals surface area contributed by atoms with Crippen LogP contribution >= 0.6 is 0 Å². The quantitative estimate of drug-likeness (QED) is 0.194. The number of rotatable bonds is 8. The highest BCUT2D eigenvalue weighted by Gasteiger charge is 2.38. The molecule has 13 heteroatoms. The summed E-state index contributed by atoms with van der Waals surface area (Å²) in [4.78, 5) is 26.2. The zero-order chi connectivity index (χ0) is 30.7. The number of hydrogen-bond acceptors (Lipinski definition) is 8. The number of aromatic nitrogens is 3. The molecule has 2 aromatic heterocycles. The number of halogens is 3. The highest BCUT2D eigenvalue weighted by Crippen LogP contribution is 2.40. The van der Waals surface area contributed by atoms with Crippen LogP contribution in [0.2, 0.25) is 0 Å². The molecule has 1 saturated heterocycles. The molecule has 1 aliphatic rings. The summed E-state index contributed by atoms with van der Waals surface area (Å²) in [7, 11) is 0. The summed E-state index contributed by atoms with van der Waals surface area (Å²) in [6.45, 7) is 3.75. The highest BCUT2D eigenvalue weighted by atomic mass is 19.4. The molecule has 4 N–H and O–H groups in total. The number of fused-ring (bicyclic) bond motifs is 1. The monoisotopic (exact) mass is 596 g/mol. The maximum atomic E-state index is 12.9. The van der Waals surface area contributed by atoms with E-state index >= 15 is 0 Å². The summed E-state index contributed by atoms with van der Waals surface area (Å²) in [5.41, 5.74) is 3.06. The molecule has 3 heterocycles. The lowest BCUT2D eigenvalue weighted by Crippen LogP contribution is -2.44. The van der Waals surface area contributed by atoms with Gasteiger partial charge in [0.25, 0.3) is 0 Å². The van der Waals surface area contributed by atoms with Gasteiger partial charge in [-0.15, -0.1) is 0 Å². The van der Waals surface area contributed by atoms with Crippen molar-refractivity contribution in [3.05, 3.63) is 66.0 Å². The van der Waals surface area contributed by atoms with Crippen molar-refractivity contribution in [3.8, 4) is 22.9 Å². The van der Waals surface area contributed by atoms with Crippen molar-refractivity contribution in [1.82, 2.24) is 19.9 Å². The first kappa shape index (κ1) is 29.8. The van der Waals surface area contributed by atoms with E-state index in [2.05, 4.69) is 25.6 Å². The number of aliphatic hydroxyl groups excluding tert-OH is 1. The van der Waals surface area contributed by atoms with Crippen LogP contribution in [-0.4, -0.2) is 74.1 Å². The molecule has 0 aliphatic carbocycles. The van der Waals surface area contributed by atoms with Crippen LogP contribution in [0, 0.1) is 13.8 Å². The summed E-state index contributed by atoms with van der Waals surface area (Å²) < 4.78 is 45.2. The smallest absolute Gasteiger partial charge is 0.416 e. The normalized spacial score (nSPS) is 16.1. The van der Waals surface area contributed by atoms with Crippen LogP contribution in [-0.2, 0) is 0 Å². The van der Waals surface area contributed by atoms with Gasteiger partial charge in [-0.1, -0.05) is 24.3 Å². The van der Waals surface area contributed by atoms with Gasteiger partial charge in [0.2, 0.25) is 11.8 Å². The van der Waals surface area contributed by atoms with Crippen LogP contribution in [0.3, 0.4) is 0 Å². The number of aliphatic hydroxyl groups is 1. The third-order valence-electron chi connectivity index (χ3n) is 7.33. The predicted molar refractivity (Wildman–Crippen MR) is 156 cm³/mol. The van der Waals surface area contributed by atoms with Gasteiger partial charge >= 0.3 is 12.3 Å². The third-order valence-corrected chi connectivity index (χ3v) is 7.33. The van der Waals surface area contributed by atoms with Gasteiger partial charge in [-0.2, -0.15) is 13.2 Å². The van der Waals surface area contributed by atoms with Crippen LogP contribution < -0.4 is 15.4 Å². The Balaban J connectivity index is 1.44. The van der Waals surface area contributed by atoms with Gasteiger partial charge in [-0.05, 0) is 56.0 Å². The first-order valence-electron chi connectivity index (χ1n) is 13.7. The minimum atomic E-state index is -4.74. The fourth-order valence-corrected chi connectivity index (χ4v) is 5.07. The van der Waals surface area contributed by atoms with Crippen LogP contribution in [0.1, 0.15) is 24.0 Å². The molecule has 2 atom stereocenters. The van der Waals surface area contributed by atoms with Crippen LogP contribution in [0.25, 0.3) is 22.0 Å².